The number of para-hydroxylation sites is 1. The van der Waals surface area contributed by atoms with Crippen molar-refractivity contribution >= 4 is 22.7 Å². The van der Waals surface area contributed by atoms with Gasteiger partial charge in [-0.3, -0.25) is 4.79 Å². The quantitative estimate of drug-likeness (QED) is 0.789. The molecule has 1 amide bonds. The molecule has 0 aliphatic heterocycles. The molecule has 0 radical (unpaired) electrons. The fraction of sp³-hybridized carbons (Fsp3) is 0.125. The number of alkyl halides is 3. The highest BCUT2D eigenvalue weighted by atomic mass is 32.2. The third kappa shape index (κ3) is 3.04. The van der Waals surface area contributed by atoms with Gasteiger partial charge in [0.25, 0.3) is 0 Å². The van der Waals surface area contributed by atoms with Crippen LogP contribution in [0, 0.1) is 0 Å². The molecule has 88 valence electrons. The molecule has 0 aliphatic rings. The largest absolute Gasteiger partial charge is 0.471 e. The van der Waals surface area contributed by atoms with Crippen LogP contribution in [0.4, 0.5) is 18.9 Å². The first-order chi connectivity index (χ1) is 7.32. The van der Waals surface area contributed by atoms with Crippen molar-refractivity contribution in [2.24, 2.45) is 0 Å². The number of halogens is 3. The summed E-state index contributed by atoms with van der Waals surface area (Å²) in [7, 11) is 0. The van der Waals surface area contributed by atoms with Crippen molar-refractivity contribution in [2.45, 2.75) is 11.1 Å². The Morgan fingerprint density at radius 2 is 1.88 bits per heavy atom. The Hall–Kier alpha value is -1.41. The van der Waals surface area contributed by atoms with Crippen molar-refractivity contribution in [2.75, 3.05) is 5.32 Å². The summed E-state index contributed by atoms with van der Waals surface area (Å²) in [6, 6.07) is 4.95. The predicted molar refractivity (Wildman–Crippen MR) is 50.2 cm³/mol. The average molecular weight is 253 g/mol. The summed E-state index contributed by atoms with van der Waals surface area (Å²) in [5.74, 6) is -2.19. The molecule has 2 N–H and O–H groups in total. The minimum atomic E-state index is -5.04. The van der Waals surface area contributed by atoms with E-state index in [4.69, 9.17) is 4.55 Å². The van der Waals surface area contributed by atoms with Gasteiger partial charge in [-0.2, -0.15) is 13.2 Å². The van der Waals surface area contributed by atoms with E-state index < -0.39 is 23.2 Å². The predicted octanol–water partition coefficient (Wildman–Crippen LogP) is 1.77. The minimum Gasteiger partial charge on any atom is -0.317 e. The van der Waals surface area contributed by atoms with Crippen molar-refractivity contribution in [1.82, 2.24) is 0 Å². The third-order valence-electron chi connectivity index (χ3n) is 1.58. The fourth-order valence-corrected chi connectivity index (χ4v) is 1.42. The zero-order valence-corrected chi connectivity index (χ0v) is 8.43. The highest BCUT2D eigenvalue weighted by molar-refractivity contribution is 7.79. The summed E-state index contributed by atoms with van der Waals surface area (Å²) >= 11 is -2.47. The molecular weight excluding hydrogens is 247 g/mol. The average Bonchev–Trinajstić information content (AvgIpc) is 2.16. The van der Waals surface area contributed by atoms with Crippen LogP contribution in [0.15, 0.2) is 29.2 Å². The Bertz CT molecular complexity index is 433. The molecule has 0 bridgehead atoms. The van der Waals surface area contributed by atoms with Crippen LogP contribution in [0.3, 0.4) is 0 Å². The topological polar surface area (TPSA) is 66.4 Å². The summed E-state index contributed by atoms with van der Waals surface area (Å²) in [4.78, 5) is 10.3. The molecule has 0 spiro atoms. The molecule has 1 aromatic carbocycles. The number of carbonyl (C=O) groups is 1. The molecule has 1 aromatic rings. The van der Waals surface area contributed by atoms with Crippen LogP contribution in [0.2, 0.25) is 0 Å². The standard InChI is InChI=1S/C8H6F3NO3S/c9-8(10,11)7(13)12-5-3-1-2-4-6(5)16(14)15/h1-4H,(H,12,13)(H,14,15). The van der Waals surface area contributed by atoms with Gasteiger partial charge in [-0.15, -0.1) is 0 Å². The Morgan fingerprint density at radius 1 is 1.31 bits per heavy atom. The maximum atomic E-state index is 11.9. The van der Waals surface area contributed by atoms with Crippen molar-refractivity contribution in [1.29, 1.82) is 0 Å². The smallest absolute Gasteiger partial charge is 0.317 e. The lowest BCUT2D eigenvalue weighted by molar-refractivity contribution is -0.167. The van der Waals surface area contributed by atoms with Crippen molar-refractivity contribution < 1.29 is 26.7 Å². The van der Waals surface area contributed by atoms with E-state index in [9.17, 15) is 22.2 Å². The molecule has 8 heteroatoms. The van der Waals surface area contributed by atoms with Gasteiger partial charge >= 0.3 is 12.1 Å². The number of hydrogen-bond acceptors (Lipinski definition) is 2. The van der Waals surface area contributed by atoms with E-state index >= 15 is 0 Å². The summed E-state index contributed by atoms with van der Waals surface area (Å²) in [5.41, 5.74) is -0.342. The molecule has 0 saturated carbocycles. The van der Waals surface area contributed by atoms with Crippen molar-refractivity contribution in [3.63, 3.8) is 0 Å². The zero-order chi connectivity index (χ0) is 12.3. The molecular formula is C8H6F3NO3S. The van der Waals surface area contributed by atoms with Gasteiger partial charge in [-0.05, 0) is 12.1 Å². The molecule has 1 rings (SSSR count). The van der Waals surface area contributed by atoms with Crippen molar-refractivity contribution in [3.8, 4) is 0 Å². The van der Waals surface area contributed by atoms with Crippen LogP contribution in [-0.2, 0) is 15.9 Å². The number of benzene rings is 1. The van der Waals surface area contributed by atoms with Gasteiger partial charge in [0.05, 0.1) is 10.6 Å². The van der Waals surface area contributed by atoms with E-state index in [1.165, 1.54) is 17.4 Å². The molecule has 4 nitrogen and oxygen atoms in total. The van der Waals surface area contributed by atoms with E-state index in [2.05, 4.69) is 0 Å². The number of carbonyl (C=O) groups excluding carboxylic acids is 1. The Morgan fingerprint density at radius 3 is 2.38 bits per heavy atom. The Labute approximate surface area is 90.7 Å². The molecule has 0 aliphatic carbocycles. The van der Waals surface area contributed by atoms with E-state index in [1.807, 2.05) is 0 Å². The second-order valence-corrected chi connectivity index (χ2v) is 3.64. The lowest BCUT2D eigenvalue weighted by atomic mass is 10.3. The van der Waals surface area contributed by atoms with E-state index in [-0.39, 0.29) is 10.6 Å². The fourth-order valence-electron chi connectivity index (χ4n) is 0.915. The maximum absolute atomic E-state index is 11.9. The minimum absolute atomic E-state index is 0.292. The lowest BCUT2D eigenvalue weighted by Crippen LogP contribution is -2.30. The van der Waals surface area contributed by atoms with Gasteiger partial charge in [0.1, 0.15) is 0 Å². The first-order valence-electron chi connectivity index (χ1n) is 3.90. The third-order valence-corrected chi connectivity index (χ3v) is 2.31. The van der Waals surface area contributed by atoms with Crippen LogP contribution in [0.5, 0.6) is 0 Å². The van der Waals surface area contributed by atoms with Crippen LogP contribution >= 0.6 is 0 Å². The first-order valence-corrected chi connectivity index (χ1v) is 5.01. The number of nitrogens with one attached hydrogen (secondary N) is 1. The maximum Gasteiger partial charge on any atom is 0.471 e. The summed E-state index contributed by atoms with van der Waals surface area (Å²) in [5, 5.41) is 1.51. The normalized spacial score (nSPS) is 13.2. The molecule has 16 heavy (non-hydrogen) atoms. The number of anilines is 1. The summed E-state index contributed by atoms with van der Waals surface area (Å²) < 4.78 is 55.2. The number of amides is 1. The Kier molecular flexibility index (Phi) is 3.66. The van der Waals surface area contributed by atoms with Crippen LogP contribution in [-0.4, -0.2) is 20.8 Å². The molecule has 1 atom stereocenters. The zero-order valence-electron chi connectivity index (χ0n) is 7.62. The molecule has 0 heterocycles. The lowest BCUT2D eigenvalue weighted by Gasteiger charge is -2.09. The van der Waals surface area contributed by atoms with Gasteiger partial charge in [-0.1, -0.05) is 12.1 Å². The molecule has 0 saturated heterocycles. The number of rotatable bonds is 2. The van der Waals surface area contributed by atoms with E-state index in [0.717, 1.165) is 12.1 Å². The molecule has 0 fully saturated rings. The van der Waals surface area contributed by atoms with Crippen LogP contribution in [0.25, 0.3) is 0 Å². The van der Waals surface area contributed by atoms with Gasteiger partial charge in [0.15, 0.2) is 11.1 Å². The Balaban J connectivity index is 2.98. The first kappa shape index (κ1) is 12.7. The monoisotopic (exact) mass is 253 g/mol. The SMILES string of the molecule is O=C(Nc1ccccc1S(=O)O)C(F)(F)F. The van der Waals surface area contributed by atoms with Crippen LogP contribution in [0.1, 0.15) is 0 Å². The highest BCUT2D eigenvalue weighted by Crippen LogP contribution is 2.22. The number of hydrogen-bond donors (Lipinski definition) is 2. The summed E-state index contributed by atoms with van der Waals surface area (Å²) in [6.45, 7) is 0. The second kappa shape index (κ2) is 4.62. The van der Waals surface area contributed by atoms with Gasteiger partial charge in [-0.25, -0.2) is 4.21 Å². The van der Waals surface area contributed by atoms with Crippen molar-refractivity contribution in [3.05, 3.63) is 24.3 Å². The molecule has 0 aromatic heterocycles. The highest BCUT2D eigenvalue weighted by Gasteiger charge is 2.39. The second-order valence-electron chi connectivity index (χ2n) is 2.70. The molecule has 1 unspecified atom stereocenters. The van der Waals surface area contributed by atoms with E-state index in [1.54, 1.807) is 0 Å². The van der Waals surface area contributed by atoms with E-state index in [0.29, 0.717) is 0 Å². The van der Waals surface area contributed by atoms with Crippen LogP contribution < -0.4 is 5.32 Å². The van der Waals surface area contributed by atoms with Gasteiger partial charge in [0, 0.05) is 0 Å². The van der Waals surface area contributed by atoms with Gasteiger partial charge in [0.2, 0.25) is 0 Å². The summed E-state index contributed by atoms with van der Waals surface area (Å²) in [6.07, 6.45) is -5.04. The van der Waals surface area contributed by atoms with Gasteiger partial charge < -0.3 is 9.87 Å².